The van der Waals surface area contributed by atoms with E-state index in [1.54, 1.807) is 0 Å². The number of hydrogen-bond donors (Lipinski definition) is 2. The molecule has 2 aromatic heterocycles. The lowest BCUT2D eigenvalue weighted by Gasteiger charge is -2.40. The first-order valence-electron chi connectivity index (χ1n) is 12.2. The van der Waals surface area contributed by atoms with Crippen LogP contribution in [0.5, 0.6) is 0 Å². The molecule has 0 aliphatic heterocycles. The highest BCUT2D eigenvalue weighted by atomic mass is 35.5. The Balaban J connectivity index is 1.65. The van der Waals surface area contributed by atoms with Gasteiger partial charge in [0.1, 0.15) is 5.82 Å². The van der Waals surface area contributed by atoms with Crippen molar-refractivity contribution in [1.82, 2.24) is 14.9 Å². The van der Waals surface area contributed by atoms with E-state index in [4.69, 9.17) is 11.6 Å². The molecule has 0 spiro atoms. The minimum atomic E-state index is -0.0607. The van der Waals surface area contributed by atoms with Gasteiger partial charge in [0.05, 0.1) is 0 Å². The highest BCUT2D eigenvalue weighted by molar-refractivity contribution is 6.32. The summed E-state index contributed by atoms with van der Waals surface area (Å²) >= 11 is 6.64. The fourth-order valence-corrected chi connectivity index (χ4v) is 5.61. The van der Waals surface area contributed by atoms with E-state index < -0.39 is 0 Å². The molecule has 6 nitrogen and oxygen atoms in total. The summed E-state index contributed by atoms with van der Waals surface area (Å²) in [5.41, 5.74) is 3.66. The second-order valence-corrected chi connectivity index (χ2v) is 10.1. The maximum absolute atomic E-state index is 12.5. The van der Waals surface area contributed by atoms with Crippen LogP contribution in [0.25, 0.3) is 10.8 Å². The van der Waals surface area contributed by atoms with Gasteiger partial charge in [0.2, 0.25) is 0 Å². The molecule has 34 heavy (non-hydrogen) atoms. The average molecular weight is 482 g/mol. The molecule has 4 rings (SSSR count). The summed E-state index contributed by atoms with van der Waals surface area (Å²) in [6, 6.07) is 9.29. The second kappa shape index (κ2) is 10.4. The fourth-order valence-electron chi connectivity index (χ4n) is 5.39. The molecule has 0 unspecified atom stereocenters. The average Bonchev–Trinajstić information content (AvgIpc) is 2.79. The van der Waals surface area contributed by atoms with Crippen molar-refractivity contribution in [2.75, 3.05) is 30.9 Å². The first-order chi connectivity index (χ1) is 16.3. The Morgan fingerprint density at radius 2 is 1.79 bits per heavy atom. The zero-order valence-electron chi connectivity index (χ0n) is 20.9. The van der Waals surface area contributed by atoms with Gasteiger partial charge in [-0.1, -0.05) is 11.6 Å². The lowest BCUT2D eigenvalue weighted by atomic mass is 9.89. The highest BCUT2D eigenvalue weighted by Gasteiger charge is 2.27. The van der Waals surface area contributed by atoms with Gasteiger partial charge in [0.25, 0.3) is 5.56 Å². The van der Waals surface area contributed by atoms with E-state index in [-0.39, 0.29) is 5.56 Å². The Kier molecular flexibility index (Phi) is 7.48. The molecule has 1 aliphatic rings. The van der Waals surface area contributed by atoms with Crippen LogP contribution in [0.2, 0.25) is 5.02 Å². The van der Waals surface area contributed by atoms with Crippen molar-refractivity contribution < 1.29 is 0 Å². The van der Waals surface area contributed by atoms with Crippen molar-refractivity contribution in [2.45, 2.75) is 65.1 Å². The van der Waals surface area contributed by atoms with Crippen molar-refractivity contribution in [3.05, 3.63) is 62.7 Å². The van der Waals surface area contributed by atoms with E-state index in [1.165, 1.54) is 25.7 Å². The molecule has 7 heteroatoms. The number of nitrogens with one attached hydrogen (secondary N) is 2. The largest absolute Gasteiger partial charge is 0.368 e. The summed E-state index contributed by atoms with van der Waals surface area (Å²) in [6.45, 7) is 7.41. The predicted molar refractivity (Wildman–Crippen MR) is 143 cm³/mol. The van der Waals surface area contributed by atoms with Crippen LogP contribution < -0.4 is 15.8 Å². The summed E-state index contributed by atoms with van der Waals surface area (Å²) in [4.78, 5) is 24.8. The van der Waals surface area contributed by atoms with Gasteiger partial charge in [0.15, 0.2) is 0 Å². The lowest BCUT2D eigenvalue weighted by Crippen LogP contribution is -2.42. The number of H-pyrrole nitrogens is 1. The third-order valence-electron chi connectivity index (χ3n) is 7.24. The molecule has 1 aliphatic carbocycles. The van der Waals surface area contributed by atoms with Gasteiger partial charge in [-0.05, 0) is 90.4 Å². The van der Waals surface area contributed by atoms with E-state index in [1.807, 2.05) is 32.2 Å². The molecule has 3 aromatic rings. The second-order valence-electron chi connectivity index (χ2n) is 9.69. The molecule has 0 radical (unpaired) electrons. The van der Waals surface area contributed by atoms with Crippen LogP contribution in [0, 0.1) is 13.8 Å². The van der Waals surface area contributed by atoms with Crippen molar-refractivity contribution in [1.29, 1.82) is 0 Å². The zero-order valence-corrected chi connectivity index (χ0v) is 21.7. The van der Waals surface area contributed by atoms with Crippen molar-refractivity contribution in [3.63, 3.8) is 0 Å². The molecule has 0 atom stereocenters. The summed E-state index contributed by atoms with van der Waals surface area (Å²) in [6.07, 6.45) is 6.62. The minimum Gasteiger partial charge on any atom is -0.368 e. The van der Waals surface area contributed by atoms with E-state index in [0.29, 0.717) is 23.7 Å². The molecular formula is C27H36ClN5O. The third kappa shape index (κ3) is 5.08. The van der Waals surface area contributed by atoms with Crippen LogP contribution in [-0.2, 0) is 6.54 Å². The molecule has 0 bridgehead atoms. The molecule has 2 heterocycles. The lowest BCUT2D eigenvalue weighted by molar-refractivity contribution is 0.214. The number of aryl methyl sites for hydroxylation is 2. The van der Waals surface area contributed by atoms with Gasteiger partial charge in [0, 0.05) is 64.1 Å². The SMILES string of the molecule is CCN(c1cc(Cl)cc2c(NCc3c(C)cc(C)[nH]c3=O)nccc12)C1CCC(N(C)C)CC1. The van der Waals surface area contributed by atoms with Crippen LogP contribution in [-0.4, -0.2) is 47.6 Å². The molecule has 0 amide bonds. The van der Waals surface area contributed by atoms with Gasteiger partial charge < -0.3 is 20.1 Å². The number of anilines is 2. The summed E-state index contributed by atoms with van der Waals surface area (Å²) in [7, 11) is 4.36. The van der Waals surface area contributed by atoms with Gasteiger partial charge in [-0.2, -0.15) is 0 Å². The number of fused-ring (bicyclic) bond motifs is 1. The van der Waals surface area contributed by atoms with E-state index in [9.17, 15) is 4.79 Å². The quantitative estimate of drug-likeness (QED) is 0.466. The summed E-state index contributed by atoms with van der Waals surface area (Å²) in [5.74, 6) is 0.744. The molecule has 0 saturated heterocycles. The number of nitrogens with zero attached hydrogens (tertiary/aromatic N) is 3. The molecule has 182 valence electrons. The van der Waals surface area contributed by atoms with Gasteiger partial charge in [-0.3, -0.25) is 4.79 Å². The molecule has 2 N–H and O–H groups in total. The number of halogens is 1. The summed E-state index contributed by atoms with van der Waals surface area (Å²) < 4.78 is 0. The Bertz CT molecular complexity index is 1210. The molecular weight excluding hydrogens is 446 g/mol. The molecule has 1 aromatic carbocycles. The maximum Gasteiger partial charge on any atom is 0.253 e. The van der Waals surface area contributed by atoms with E-state index in [2.05, 4.69) is 58.2 Å². The minimum absolute atomic E-state index is 0.0607. The van der Waals surface area contributed by atoms with Gasteiger partial charge >= 0.3 is 0 Å². The van der Waals surface area contributed by atoms with Crippen LogP contribution in [0.4, 0.5) is 11.5 Å². The van der Waals surface area contributed by atoms with Crippen LogP contribution >= 0.6 is 11.6 Å². The Morgan fingerprint density at radius 3 is 2.44 bits per heavy atom. The third-order valence-corrected chi connectivity index (χ3v) is 7.45. The molecule has 1 saturated carbocycles. The first-order valence-corrected chi connectivity index (χ1v) is 12.6. The topological polar surface area (TPSA) is 64.3 Å². The van der Waals surface area contributed by atoms with Crippen LogP contribution in [0.3, 0.4) is 0 Å². The number of pyridine rings is 2. The van der Waals surface area contributed by atoms with Crippen molar-refractivity contribution in [3.8, 4) is 0 Å². The maximum atomic E-state index is 12.5. The van der Waals surface area contributed by atoms with Crippen molar-refractivity contribution >= 4 is 33.9 Å². The Hall–Kier alpha value is -2.57. The number of rotatable bonds is 7. The number of aromatic nitrogens is 2. The van der Waals surface area contributed by atoms with Crippen LogP contribution in [0.15, 0.2) is 35.3 Å². The van der Waals surface area contributed by atoms with E-state index >= 15 is 0 Å². The van der Waals surface area contributed by atoms with Crippen LogP contribution in [0.1, 0.15) is 49.4 Å². The number of hydrogen-bond acceptors (Lipinski definition) is 5. The smallest absolute Gasteiger partial charge is 0.253 e. The monoisotopic (exact) mass is 481 g/mol. The Labute approximate surface area is 207 Å². The standard InChI is InChI=1S/C27H36ClN5O/c1-6-33(21-9-7-20(8-10-21)32(4)5)25-15-19(28)14-23-22(25)11-12-29-26(23)30-16-24-17(2)13-18(3)31-27(24)34/h11-15,20-21H,6-10,16H2,1-5H3,(H,29,30)(H,31,34). The summed E-state index contributed by atoms with van der Waals surface area (Å²) in [5, 5.41) is 6.21. The first kappa shape index (κ1) is 24.6. The number of aromatic amines is 1. The van der Waals surface area contributed by atoms with E-state index in [0.717, 1.165) is 45.6 Å². The normalized spacial score (nSPS) is 18.4. The predicted octanol–water partition coefficient (Wildman–Crippen LogP) is 5.50. The zero-order chi connectivity index (χ0) is 24.4. The Morgan fingerprint density at radius 1 is 1.09 bits per heavy atom. The fraction of sp³-hybridized carbons (Fsp3) is 0.481. The van der Waals surface area contributed by atoms with Crippen molar-refractivity contribution in [2.24, 2.45) is 0 Å². The van der Waals surface area contributed by atoms with Gasteiger partial charge in [-0.15, -0.1) is 0 Å². The van der Waals surface area contributed by atoms with Gasteiger partial charge in [-0.25, -0.2) is 4.98 Å². The molecule has 1 fully saturated rings. The highest BCUT2D eigenvalue weighted by Crippen LogP contribution is 2.37. The number of benzene rings is 1.